The van der Waals surface area contributed by atoms with E-state index in [1.165, 1.54) is 0 Å². The summed E-state index contributed by atoms with van der Waals surface area (Å²) in [4.78, 5) is 11.0. The molecule has 11 heavy (non-hydrogen) atoms. The van der Waals surface area contributed by atoms with Gasteiger partial charge in [0.1, 0.15) is 6.54 Å². The fourth-order valence-corrected chi connectivity index (χ4v) is 0.503. The van der Waals surface area contributed by atoms with E-state index >= 15 is 0 Å². The van der Waals surface area contributed by atoms with Crippen molar-refractivity contribution in [1.29, 1.82) is 0 Å². The average molecular weight is 170 g/mol. The van der Waals surface area contributed by atoms with E-state index in [9.17, 15) is 18.0 Å². The van der Waals surface area contributed by atoms with E-state index in [4.69, 9.17) is 0 Å². The summed E-state index contributed by atoms with van der Waals surface area (Å²) in [6.45, 7) is -1.24. The topological polar surface area (TPSA) is 36.9 Å². The molecule has 3 nitrogen and oxygen atoms in total. The highest BCUT2D eigenvalue weighted by Crippen LogP contribution is 2.14. The largest absolute Gasteiger partial charge is 0.406 e. The molecule has 0 spiro atoms. The molecular weight excluding hydrogens is 161 g/mol. The minimum absolute atomic E-state index is 0.549. The number of carbonyl (C=O) groups excluding carboxylic acids is 1. The van der Waals surface area contributed by atoms with Crippen molar-refractivity contribution in [2.45, 2.75) is 6.18 Å². The van der Waals surface area contributed by atoms with Crippen LogP contribution in [0.2, 0.25) is 0 Å². The van der Waals surface area contributed by atoms with E-state index in [0.717, 1.165) is 12.4 Å². The van der Waals surface area contributed by atoms with Gasteiger partial charge in [-0.05, 0) is 0 Å². The van der Waals surface area contributed by atoms with Crippen LogP contribution in [0, 0.1) is 7.05 Å². The average Bonchev–Trinajstić information content (AvgIpc) is 1.82. The molecule has 6 heteroatoms. The highest BCUT2D eigenvalue weighted by Gasteiger charge is 2.31. The molecule has 0 saturated heterocycles. The first-order chi connectivity index (χ1) is 4.87. The number of primary amides is 1. The Balaban J connectivity index is 3.87. The SMILES string of the molecule is [CH2-][NH2+]C(=O)N(C)CC(F)(F)F. The highest BCUT2D eigenvalue weighted by atomic mass is 19.4. The Labute approximate surface area is 62.2 Å². The summed E-state index contributed by atoms with van der Waals surface area (Å²) in [5.41, 5.74) is 0. The van der Waals surface area contributed by atoms with Crippen LogP contribution in [-0.2, 0) is 0 Å². The van der Waals surface area contributed by atoms with Crippen LogP contribution in [0.25, 0.3) is 0 Å². The van der Waals surface area contributed by atoms with Gasteiger partial charge in [-0.3, -0.25) is 4.90 Å². The van der Waals surface area contributed by atoms with Gasteiger partial charge in [0.05, 0.1) is 0 Å². The van der Waals surface area contributed by atoms with Crippen LogP contribution in [0.5, 0.6) is 0 Å². The molecule has 0 fully saturated rings. The molecule has 0 bridgehead atoms. The van der Waals surface area contributed by atoms with Crippen molar-refractivity contribution < 1.29 is 23.3 Å². The Morgan fingerprint density at radius 2 is 2.09 bits per heavy atom. The summed E-state index contributed by atoms with van der Waals surface area (Å²) in [5, 5.41) is 0.839. The number of amides is 2. The van der Waals surface area contributed by atoms with Gasteiger partial charge in [0.15, 0.2) is 0 Å². The highest BCUT2D eigenvalue weighted by molar-refractivity contribution is 5.63. The zero-order valence-corrected chi connectivity index (χ0v) is 5.98. The molecule has 0 atom stereocenters. The number of urea groups is 1. The molecule has 0 aromatic heterocycles. The zero-order chi connectivity index (χ0) is 9.07. The van der Waals surface area contributed by atoms with E-state index in [2.05, 4.69) is 7.05 Å². The third-order valence-corrected chi connectivity index (χ3v) is 0.967. The molecule has 0 aromatic carbocycles. The first-order valence-corrected chi connectivity index (χ1v) is 2.81. The number of halogens is 3. The van der Waals surface area contributed by atoms with Crippen molar-refractivity contribution in [3.63, 3.8) is 0 Å². The van der Waals surface area contributed by atoms with Gasteiger partial charge in [-0.15, -0.1) is 7.05 Å². The summed E-state index contributed by atoms with van der Waals surface area (Å²) in [5.74, 6) is 0. The fourth-order valence-electron chi connectivity index (χ4n) is 0.503. The quantitative estimate of drug-likeness (QED) is 0.550. The number of quaternary nitrogens is 1. The van der Waals surface area contributed by atoms with E-state index in [1.54, 1.807) is 0 Å². The second-order valence-corrected chi connectivity index (χ2v) is 2.01. The third kappa shape index (κ3) is 4.60. The number of nitrogens with two attached hydrogens (primary N) is 1. The lowest BCUT2D eigenvalue weighted by Gasteiger charge is -2.16. The maximum absolute atomic E-state index is 11.6. The van der Waals surface area contributed by atoms with Gasteiger partial charge in [0, 0.05) is 7.05 Å². The Bertz CT molecular complexity index is 145. The lowest BCUT2D eigenvalue weighted by molar-refractivity contribution is -0.498. The monoisotopic (exact) mass is 170 g/mol. The van der Waals surface area contributed by atoms with Gasteiger partial charge in [0.2, 0.25) is 0 Å². The Morgan fingerprint density at radius 3 is 2.36 bits per heavy atom. The standard InChI is InChI=1S/C5H9F3N2O/c1-9-4(11)10(2)3-5(6,7)8/h1,3,9H2,2H3. The van der Waals surface area contributed by atoms with Crippen molar-refractivity contribution >= 4 is 6.03 Å². The molecule has 66 valence electrons. The molecule has 0 aromatic rings. The summed E-state index contributed by atoms with van der Waals surface area (Å²) in [7, 11) is 4.12. The van der Waals surface area contributed by atoms with Crippen LogP contribution in [0.3, 0.4) is 0 Å². The maximum Gasteiger partial charge on any atom is 0.406 e. The van der Waals surface area contributed by atoms with E-state index < -0.39 is 18.8 Å². The van der Waals surface area contributed by atoms with Gasteiger partial charge in [-0.25, -0.2) is 4.79 Å². The molecule has 0 rings (SSSR count). The molecule has 0 aliphatic carbocycles. The van der Waals surface area contributed by atoms with Crippen LogP contribution in [-0.4, -0.2) is 30.7 Å². The van der Waals surface area contributed by atoms with Gasteiger partial charge in [0.25, 0.3) is 0 Å². The number of nitrogens with zero attached hydrogens (tertiary/aromatic N) is 1. The van der Waals surface area contributed by atoms with Crippen LogP contribution in [0.1, 0.15) is 0 Å². The number of hydrogen-bond acceptors (Lipinski definition) is 1. The third-order valence-electron chi connectivity index (χ3n) is 0.967. The summed E-state index contributed by atoms with van der Waals surface area (Å²) < 4.78 is 34.7. The smallest absolute Gasteiger partial charge is 0.395 e. The van der Waals surface area contributed by atoms with Gasteiger partial charge < -0.3 is 5.32 Å². The lowest BCUT2D eigenvalue weighted by atomic mass is 10.5. The second kappa shape index (κ2) is 3.56. The van der Waals surface area contributed by atoms with E-state index in [-0.39, 0.29) is 0 Å². The lowest BCUT2D eigenvalue weighted by Crippen LogP contribution is -2.84. The molecule has 0 saturated carbocycles. The Morgan fingerprint density at radius 1 is 1.64 bits per heavy atom. The Kier molecular flexibility index (Phi) is 3.31. The molecule has 0 aliphatic rings. The predicted octanol–water partition coefficient (Wildman–Crippen LogP) is -0.0445. The minimum Gasteiger partial charge on any atom is -0.395 e. The molecular formula is C5H9F3N2O. The van der Waals surface area contributed by atoms with E-state index in [0.29, 0.717) is 4.90 Å². The molecule has 2 amide bonds. The summed E-state index contributed by atoms with van der Waals surface area (Å²) >= 11 is 0. The van der Waals surface area contributed by atoms with Crippen molar-refractivity contribution in [3.05, 3.63) is 7.05 Å². The fraction of sp³-hybridized carbons (Fsp3) is 0.600. The summed E-state index contributed by atoms with van der Waals surface area (Å²) in [6.07, 6.45) is -4.34. The maximum atomic E-state index is 11.6. The van der Waals surface area contributed by atoms with Gasteiger partial charge in [-0.2, -0.15) is 13.2 Å². The zero-order valence-electron chi connectivity index (χ0n) is 5.98. The van der Waals surface area contributed by atoms with Crippen LogP contribution in [0.15, 0.2) is 0 Å². The second-order valence-electron chi connectivity index (χ2n) is 2.01. The van der Waals surface area contributed by atoms with Crippen LogP contribution < -0.4 is 5.32 Å². The first kappa shape index (κ1) is 10.2. The molecule has 2 N–H and O–H groups in total. The number of rotatable bonds is 1. The van der Waals surface area contributed by atoms with Crippen LogP contribution >= 0.6 is 0 Å². The van der Waals surface area contributed by atoms with E-state index in [1.807, 2.05) is 0 Å². The first-order valence-electron chi connectivity index (χ1n) is 2.81. The van der Waals surface area contributed by atoms with Gasteiger partial charge >= 0.3 is 12.2 Å². The number of carbonyl (C=O) groups is 1. The van der Waals surface area contributed by atoms with Gasteiger partial charge in [-0.1, -0.05) is 0 Å². The predicted molar refractivity (Wildman–Crippen MR) is 31.4 cm³/mol. The van der Waals surface area contributed by atoms with Crippen molar-refractivity contribution in [2.75, 3.05) is 13.6 Å². The van der Waals surface area contributed by atoms with Crippen molar-refractivity contribution in [1.82, 2.24) is 4.90 Å². The van der Waals surface area contributed by atoms with Crippen molar-refractivity contribution in [2.24, 2.45) is 0 Å². The summed E-state index contributed by atoms with van der Waals surface area (Å²) in [6, 6.07) is -0.734. The Hall–Kier alpha value is -0.780. The molecule has 0 unspecified atom stereocenters. The minimum atomic E-state index is -4.34. The normalized spacial score (nSPS) is 11.4. The molecule has 0 aliphatic heterocycles. The van der Waals surface area contributed by atoms with Crippen molar-refractivity contribution in [3.8, 4) is 0 Å². The molecule has 0 radical (unpaired) electrons. The van der Waals surface area contributed by atoms with Crippen LogP contribution in [0.4, 0.5) is 18.0 Å². The number of alkyl halides is 3. The number of hydrogen-bond donors (Lipinski definition) is 1. The molecule has 0 heterocycles.